The Hall–Kier alpha value is -3.79. The maximum Gasteiger partial charge on any atom is 0.222 e. The lowest BCUT2D eigenvalue weighted by Crippen LogP contribution is -2.05. The Morgan fingerprint density at radius 3 is 2.39 bits per heavy atom. The molecule has 0 aliphatic rings. The molecule has 7 nitrogen and oxygen atoms in total. The number of ether oxygens (including phenoxy) is 2. The number of aromatic nitrogens is 2. The van der Waals surface area contributed by atoms with Gasteiger partial charge in [-0.1, -0.05) is 6.07 Å². The third-order valence-corrected chi connectivity index (χ3v) is 4.21. The third kappa shape index (κ3) is 3.96. The number of nitrogen functional groups attached to an aromatic ring is 2. The topological polar surface area (TPSA) is 120 Å². The molecular formula is C21H21N5O2. The quantitative estimate of drug-likeness (QED) is 0.701. The highest BCUT2D eigenvalue weighted by Crippen LogP contribution is 2.30. The first-order valence-corrected chi connectivity index (χ1v) is 8.62. The molecule has 0 unspecified atom stereocenters. The second-order valence-corrected chi connectivity index (χ2v) is 6.44. The molecule has 0 aliphatic carbocycles. The second-order valence-electron chi connectivity index (χ2n) is 6.44. The molecule has 1 heterocycles. The number of nitrogens with two attached hydrogens (primary N) is 2. The summed E-state index contributed by atoms with van der Waals surface area (Å²) in [6.45, 7) is 4.33. The number of nitrogens with zero attached hydrogens (tertiary/aromatic N) is 3. The van der Waals surface area contributed by atoms with Crippen molar-refractivity contribution < 1.29 is 9.47 Å². The molecule has 0 amide bonds. The molecule has 28 heavy (non-hydrogen) atoms. The van der Waals surface area contributed by atoms with E-state index in [0.29, 0.717) is 17.0 Å². The lowest BCUT2D eigenvalue weighted by Gasteiger charge is -2.14. The van der Waals surface area contributed by atoms with Gasteiger partial charge in [0.1, 0.15) is 35.6 Å². The van der Waals surface area contributed by atoms with E-state index in [-0.39, 0.29) is 23.9 Å². The third-order valence-electron chi connectivity index (χ3n) is 4.21. The number of aryl methyl sites for hydroxylation is 2. The highest BCUT2D eigenvalue weighted by molar-refractivity contribution is 5.74. The number of hydrogen-bond acceptors (Lipinski definition) is 7. The van der Waals surface area contributed by atoms with E-state index in [1.807, 2.05) is 38.1 Å². The van der Waals surface area contributed by atoms with Gasteiger partial charge in [-0.3, -0.25) is 0 Å². The lowest BCUT2D eigenvalue weighted by atomic mass is 10.0. The van der Waals surface area contributed by atoms with Gasteiger partial charge in [-0.05, 0) is 55.3 Å². The molecule has 0 saturated heterocycles. The number of benzene rings is 2. The van der Waals surface area contributed by atoms with Crippen LogP contribution in [0.4, 0.5) is 11.8 Å². The molecule has 0 spiro atoms. The zero-order valence-electron chi connectivity index (χ0n) is 16.0. The van der Waals surface area contributed by atoms with Crippen LogP contribution in [0.2, 0.25) is 0 Å². The predicted octanol–water partition coefficient (Wildman–Crippen LogP) is 3.38. The van der Waals surface area contributed by atoms with Gasteiger partial charge in [0.25, 0.3) is 0 Å². The van der Waals surface area contributed by atoms with E-state index >= 15 is 0 Å². The molecule has 0 fully saturated rings. The van der Waals surface area contributed by atoms with Crippen molar-refractivity contribution in [3.05, 3.63) is 58.7 Å². The van der Waals surface area contributed by atoms with Crippen LogP contribution < -0.4 is 20.9 Å². The van der Waals surface area contributed by atoms with Crippen molar-refractivity contribution in [2.75, 3.05) is 18.6 Å². The van der Waals surface area contributed by atoms with E-state index < -0.39 is 0 Å². The first kappa shape index (κ1) is 19.0. The summed E-state index contributed by atoms with van der Waals surface area (Å²) >= 11 is 0. The van der Waals surface area contributed by atoms with Gasteiger partial charge in [0.05, 0.1) is 12.8 Å². The van der Waals surface area contributed by atoms with Crippen LogP contribution in [0.5, 0.6) is 11.5 Å². The molecule has 0 saturated carbocycles. The van der Waals surface area contributed by atoms with Gasteiger partial charge < -0.3 is 20.9 Å². The Bertz CT molecular complexity index is 1050. The number of rotatable bonds is 5. The molecule has 142 valence electrons. The molecule has 3 aromatic rings. The summed E-state index contributed by atoms with van der Waals surface area (Å²) in [4.78, 5) is 8.05. The molecule has 0 bridgehead atoms. The Morgan fingerprint density at radius 1 is 1.04 bits per heavy atom. The number of methoxy groups -OCH3 is 1. The first-order chi connectivity index (χ1) is 13.4. The molecule has 4 N–H and O–H groups in total. The van der Waals surface area contributed by atoms with E-state index in [4.69, 9.17) is 20.9 Å². The maximum atomic E-state index is 9.43. The molecular weight excluding hydrogens is 354 g/mol. The van der Waals surface area contributed by atoms with Crippen LogP contribution in [0, 0.1) is 25.2 Å². The van der Waals surface area contributed by atoms with E-state index in [1.54, 1.807) is 19.2 Å². The fraction of sp³-hybridized carbons (Fsp3) is 0.190. The van der Waals surface area contributed by atoms with Crippen molar-refractivity contribution in [2.45, 2.75) is 20.5 Å². The minimum absolute atomic E-state index is 0.00959. The van der Waals surface area contributed by atoms with Gasteiger partial charge >= 0.3 is 0 Å². The van der Waals surface area contributed by atoms with Crippen molar-refractivity contribution in [1.82, 2.24) is 9.97 Å². The molecule has 1 aromatic heterocycles. The van der Waals surface area contributed by atoms with E-state index in [1.165, 1.54) is 0 Å². The maximum absolute atomic E-state index is 9.43. The number of nitriles is 1. The van der Waals surface area contributed by atoms with Crippen LogP contribution in [0.1, 0.15) is 22.3 Å². The zero-order valence-corrected chi connectivity index (χ0v) is 16.0. The van der Waals surface area contributed by atoms with Gasteiger partial charge in [-0.15, -0.1) is 0 Å². The Labute approximate surface area is 163 Å². The van der Waals surface area contributed by atoms with Crippen molar-refractivity contribution in [3.8, 4) is 28.8 Å². The monoisotopic (exact) mass is 375 g/mol. The summed E-state index contributed by atoms with van der Waals surface area (Å²) in [6, 6.07) is 13.5. The number of hydrogen-bond donors (Lipinski definition) is 2. The van der Waals surface area contributed by atoms with Crippen LogP contribution in [0.15, 0.2) is 36.4 Å². The largest absolute Gasteiger partial charge is 0.496 e. The average molecular weight is 375 g/mol. The summed E-state index contributed by atoms with van der Waals surface area (Å²) in [5.41, 5.74) is 15.8. The Kier molecular flexibility index (Phi) is 5.32. The summed E-state index contributed by atoms with van der Waals surface area (Å²) in [6.07, 6.45) is 0. The van der Waals surface area contributed by atoms with Gasteiger partial charge in [-0.25, -0.2) is 4.98 Å². The van der Waals surface area contributed by atoms with Crippen LogP contribution in [-0.4, -0.2) is 17.1 Å². The van der Waals surface area contributed by atoms with E-state index in [0.717, 1.165) is 22.4 Å². The van der Waals surface area contributed by atoms with E-state index in [2.05, 4.69) is 16.0 Å². The van der Waals surface area contributed by atoms with Gasteiger partial charge in [-0.2, -0.15) is 10.2 Å². The lowest BCUT2D eigenvalue weighted by molar-refractivity contribution is 0.296. The highest BCUT2D eigenvalue weighted by Gasteiger charge is 2.15. The normalized spacial score (nSPS) is 10.4. The van der Waals surface area contributed by atoms with Crippen molar-refractivity contribution in [1.29, 1.82) is 5.26 Å². The number of anilines is 2. The molecule has 2 aromatic carbocycles. The van der Waals surface area contributed by atoms with Crippen LogP contribution in [0.3, 0.4) is 0 Å². The summed E-state index contributed by atoms with van der Waals surface area (Å²) < 4.78 is 11.4. The van der Waals surface area contributed by atoms with Crippen molar-refractivity contribution in [3.63, 3.8) is 0 Å². The van der Waals surface area contributed by atoms with Gasteiger partial charge in [0.15, 0.2) is 0 Å². The fourth-order valence-electron chi connectivity index (χ4n) is 3.03. The zero-order chi connectivity index (χ0) is 20.3. The minimum atomic E-state index is 0.00959. The molecule has 0 radical (unpaired) electrons. The Morgan fingerprint density at radius 2 is 1.75 bits per heavy atom. The SMILES string of the molecule is COc1ccc(-c2nc(N)nc(N)c2C#N)cc1COc1cc(C)cc(C)c1. The van der Waals surface area contributed by atoms with Crippen LogP contribution in [-0.2, 0) is 6.61 Å². The smallest absolute Gasteiger partial charge is 0.222 e. The first-order valence-electron chi connectivity index (χ1n) is 8.62. The standard InChI is InChI=1S/C21H21N5O2/c1-12-6-13(2)8-16(7-12)28-11-15-9-14(4-5-18(15)27-3)19-17(10-22)20(23)26-21(24)25-19/h4-9H,11H2,1-3H3,(H4,23,24,25,26). The van der Waals surface area contributed by atoms with Crippen molar-refractivity contribution >= 4 is 11.8 Å². The fourth-order valence-corrected chi connectivity index (χ4v) is 3.03. The Balaban J connectivity index is 1.98. The van der Waals surface area contributed by atoms with Gasteiger partial charge in [0, 0.05) is 11.1 Å². The van der Waals surface area contributed by atoms with Crippen LogP contribution in [0.25, 0.3) is 11.3 Å². The van der Waals surface area contributed by atoms with Gasteiger partial charge in [0.2, 0.25) is 5.95 Å². The molecule has 3 rings (SSSR count). The second kappa shape index (κ2) is 7.84. The summed E-state index contributed by atoms with van der Waals surface area (Å²) in [7, 11) is 1.59. The highest BCUT2D eigenvalue weighted by atomic mass is 16.5. The minimum Gasteiger partial charge on any atom is -0.496 e. The molecule has 0 aliphatic heterocycles. The van der Waals surface area contributed by atoms with E-state index in [9.17, 15) is 5.26 Å². The molecule has 7 heteroatoms. The average Bonchev–Trinajstić information content (AvgIpc) is 2.65. The predicted molar refractivity (Wildman–Crippen MR) is 108 cm³/mol. The van der Waals surface area contributed by atoms with Crippen LogP contribution >= 0.6 is 0 Å². The summed E-state index contributed by atoms with van der Waals surface area (Å²) in [5.74, 6) is 1.50. The molecule has 0 atom stereocenters. The summed E-state index contributed by atoms with van der Waals surface area (Å²) in [5, 5.41) is 9.43. The van der Waals surface area contributed by atoms with Crippen molar-refractivity contribution in [2.24, 2.45) is 0 Å².